The molecule has 0 bridgehead atoms. The first-order valence-electron chi connectivity index (χ1n) is 6.94. The predicted molar refractivity (Wildman–Crippen MR) is 88.5 cm³/mol. The summed E-state index contributed by atoms with van der Waals surface area (Å²) in [6.45, 7) is 3.89. The summed E-state index contributed by atoms with van der Waals surface area (Å²) in [6.07, 6.45) is 0.0316. The minimum absolute atomic E-state index is 0.0316. The molecule has 0 amide bonds. The second-order valence-corrected chi connectivity index (χ2v) is 5.29. The Kier molecular flexibility index (Phi) is 4.52. The number of ether oxygens (including phenoxy) is 1. The van der Waals surface area contributed by atoms with Crippen LogP contribution in [0.2, 0.25) is 0 Å². The largest absolute Gasteiger partial charge is 0.473 e. The van der Waals surface area contributed by atoms with E-state index in [2.05, 4.69) is 10.3 Å². The zero-order valence-electron chi connectivity index (χ0n) is 12.9. The topological polar surface area (TPSA) is 63.4 Å². The number of nitrogens with zero attached hydrogens (tertiary/aromatic N) is 2. The lowest BCUT2D eigenvalue weighted by molar-refractivity contribution is 0.234. The molecular formula is C16H22N4O. The summed E-state index contributed by atoms with van der Waals surface area (Å²) in [4.78, 5) is 6.48. The van der Waals surface area contributed by atoms with E-state index < -0.39 is 0 Å². The van der Waals surface area contributed by atoms with E-state index in [-0.39, 0.29) is 6.10 Å². The fraction of sp³-hybridized carbons (Fsp3) is 0.312. The van der Waals surface area contributed by atoms with Gasteiger partial charge < -0.3 is 20.7 Å². The van der Waals surface area contributed by atoms with E-state index in [1.165, 1.54) is 0 Å². The lowest BCUT2D eigenvalue weighted by Crippen LogP contribution is -2.12. The Morgan fingerprint density at radius 1 is 1.14 bits per heavy atom. The van der Waals surface area contributed by atoms with Crippen LogP contribution in [0, 0.1) is 0 Å². The van der Waals surface area contributed by atoms with Crippen molar-refractivity contribution >= 4 is 22.9 Å². The molecule has 0 saturated carbocycles. The third kappa shape index (κ3) is 3.78. The minimum atomic E-state index is 0.0316. The first-order chi connectivity index (χ1) is 9.97. The molecule has 5 nitrogen and oxygen atoms in total. The molecule has 3 N–H and O–H groups in total. The molecule has 5 heteroatoms. The van der Waals surface area contributed by atoms with Crippen molar-refractivity contribution in [3.8, 4) is 5.88 Å². The van der Waals surface area contributed by atoms with Crippen LogP contribution in [0.1, 0.15) is 13.8 Å². The lowest BCUT2D eigenvalue weighted by atomic mass is 10.2. The first-order valence-corrected chi connectivity index (χ1v) is 6.94. The number of rotatable bonds is 5. The van der Waals surface area contributed by atoms with Crippen molar-refractivity contribution in [2.24, 2.45) is 0 Å². The van der Waals surface area contributed by atoms with Gasteiger partial charge in [-0.2, -0.15) is 4.98 Å². The maximum atomic E-state index is 5.89. The van der Waals surface area contributed by atoms with Crippen LogP contribution in [0.25, 0.3) is 0 Å². The molecule has 0 saturated heterocycles. The Bertz CT molecular complexity index is 611. The van der Waals surface area contributed by atoms with Crippen LogP contribution in [0.15, 0.2) is 36.4 Å². The standard InChI is InChI=1S/C16H22N4O/c1-11(2)21-16-12(17)9-10-15(19-16)18-13-7-5-6-8-14(13)20(3)4/h5-11H,17H2,1-4H3,(H,18,19). The molecule has 0 aliphatic heterocycles. The molecule has 1 heterocycles. The van der Waals surface area contributed by atoms with E-state index in [1.54, 1.807) is 6.07 Å². The molecule has 0 atom stereocenters. The second-order valence-electron chi connectivity index (χ2n) is 5.29. The molecule has 0 fully saturated rings. The molecule has 2 rings (SSSR count). The molecule has 0 aliphatic carbocycles. The smallest absolute Gasteiger partial charge is 0.239 e. The fourth-order valence-electron chi connectivity index (χ4n) is 1.95. The molecule has 1 aromatic carbocycles. The van der Waals surface area contributed by atoms with Gasteiger partial charge in [-0.15, -0.1) is 0 Å². The number of nitrogens with two attached hydrogens (primary N) is 1. The van der Waals surface area contributed by atoms with Crippen molar-refractivity contribution in [1.29, 1.82) is 0 Å². The summed E-state index contributed by atoms with van der Waals surface area (Å²) in [7, 11) is 4.01. The van der Waals surface area contributed by atoms with Crippen LogP contribution in [-0.4, -0.2) is 25.2 Å². The number of nitrogen functional groups attached to an aromatic ring is 1. The number of aromatic nitrogens is 1. The van der Waals surface area contributed by atoms with E-state index in [0.717, 1.165) is 11.4 Å². The summed E-state index contributed by atoms with van der Waals surface area (Å²) in [6, 6.07) is 11.7. The van der Waals surface area contributed by atoms with E-state index in [0.29, 0.717) is 17.4 Å². The highest BCUT2D eigenvalue weighted by Crippen LogP contribution is 2.28. The van der Waals surface area contributed by atoms with E-state index in [9.17, 15) is 0 Å². The number of hydrogen-bond donors (Lipinski definition) is 2. The van der Waals surface area contributed by atoms with Crippen LogP contribution in [-0.2, 0) is 0 Å². The third-order valence-corrected chi connectivity index (χ3v) is 2.89. The summed E-state index contributed by atoms with van der Waals surface area (Å²) in [5, 5.41) is 3.31. The highest BCUT2D eigenvalue weighted by molar-refractivity contribution is 5.74. The molecular weight excluding hydrogens is 264 g/mol. The molecule has 0 aliphatic rings. The Morgan fingerprint density at radius 2 is 1.86 bits per heavy atom. The molecule has 0 spiro atoms. The van der Waals surface area contributed by atoms with Crippen LogP contribution in [0.4, 0.5) is 22.9 Å². The Balaban J connectivity index is 2.28. The van der Waals surface area contributed by atoms with Gasteiger partial charge in [-0.05, 0) is 38.1 Å². The van der Waals surface area contributed by atoms with Crippen LogP contribution < -0.4 is 20.7 Å². The van der Waals surface area contributed by atoms with Gasteiger partial charge in [0.25, 0.3) is 0 Å². The van der Waals surface area contributed by atoms with Crippen LogP contribution >= 0.6 is 0 Å². The number of pyridine rings is 1. The van der Waals surface area contributed by atoms with Gasteiger partial charge in [0.05, 0.1) is 23.2 Å². The van der Waals surface area contributed by atoms with Crippen molar-refractivity contribution < 1.29 is 4.74 Å². The summed E-state index contributed by atoms with van der Waals surface area (Å²) < 4.78 is 5.61. The minimum Gasteiger partial charge on any atom is -0.473 e. The van der Waals surface area contributed by atoms with Crippen molar-refractivity contribution in [3.63, 3.8) is 0 Å². The van der Waals surface area contributed by atoms with Gasteiger partial charge in [0.15, 0.2) is 0 Å². The quantitative estimate of drug-likeness (QED) is 0.883. The van der Waals surface area contributed by atoms with Gasteiger partial charge in [0, 0.05) is 14.1 Å². The van der Waals surface area contributed by atoms with Crippen molar-refractivity contribution in [3.05, 3.63) is 36.4 Å². The fourth-order valence-corrected chi connectivity index (χ4v) is 1.95. The maximum Gasteiger partial charge on any atom is 0.239 e. The summed E-state index contributed by atoms with van der Waals surface area (Å²) in [5.41, 5.74) is 8.49. The molecule has 2 aromatic rings. The number of benzene rings is 1. The van der Waals surface area contributed by atoms with Gasteiger partial charge in [-0.3, -0.25) is 0 Å². The number of para-hydroxylation sites is 2. The zero-order valence-corrected chi connectivity index (χ0v) is 12.9. The average Bonchev–Trinajstić information content (AvgIpc) is 2.42. The van der Waals surface area contributed by atoms with Crippen molar-refractivity contribution in [2.45, 2.75) is 20.0 Å². The van der Waals surface area contributed by atoms with Gasteiger partial charge in [0.1, 0.15) is 5.82 Å². The second kappa shape index (κ2) is 6.35. The predicted octanol–water partition coefficient (Wildman–Crippen LogP) is 3.26. The van der Waals surface area contributed by atoms with Crippen molar-refractivity contribution in [1.82, 2.24) is 4.98 Å². The maximum absolute atomic E-state index is 5.89. The van der Waals surface area contributed by atoms with Crippen LogP contribution in [0.5, 0.6) is 5.88 Å². The molecule has 112 valence electrons. The SMILES string of the molecule is CC(C)Oc1nc(Nc2ccccc2N(C)C)ccc1N. The lowest BCUT2D eigenvalue weighted by Gasteiger charge is -2.18. The normalized spacial score (nSPS) is 10.5. The average molecular weight is 286 g/mol. The monoisotopic (exact) mass is 286 g/mol. The Labute approximate surface area is 125 Å². The summed E-state index contributed by atoms with van der Waals surface area (Å²) >= 11 is 0. The van der Waals surface area contributed by atoms with E-state index >= 15 is 0 Å². The molecule has 1 aromatic heterocycles. The Morgan fingerprint density at radius 3 is 2.52 bits per heavy atom. The molecule has 0 radical (unpaired) electrons. The highest BCUT2D eigenvalue weighted by atomic mass is 16.5. The van der Waals surface area contributed by atoms with Gasteiger partial charge in [-0.25, -0.2) is 0 Å². The zero-order chi connectivity index (χ0) is 15.4. The van der Waals surface area contributed by atoms with E-state index in [4.69, 9.17) is 10.5 Å². The number of hydrogen-bond acceptors (Lipinski definition) is 5. The first kappa shape index (κ1) is 15.0. The number of nitrogens with one attached hydrogen (secondary N) is 1. The van der Waals surface area contributed by atoms with E-state index in [1.807, 2.05) is 63.2 Å². The van der Waals surface area contributed by atoms with Gasteiger partial charge in [-0.1, -0.05) is 12.1 Å². The summed E-state index contributed by atoms with van der Waals surface area (Å²) in [5.74, 6) is 1.16. The van der Waals surface area contributed by atoms with Gasteiger partial charge >= 0.3 is 0 Å². The highest BCUT2D eigenvalue weighted by Gasteiger charge is 2.09. The molecule has 0 unspecified atom stereocenters. The Hall–Kier alpha value is -2.43. The van der Waals surface area contributed by atoms with Crippen molar-refractivity contribution in [2.75, 3.05) is 30.0 Å². The van der Waals surface area contributed by atoms with Crippen LogP contribution in [0.3, 0.4) is 0 Å². The number of anilines is 4. The third-order valence-electron chi connectivity index (χ3n) is 2.89. The van der Waals surface area contributed by atoms with Gasteiger partial charge in [0.2, 0.25) is 5.88 Å². The molecule has 21 heavy (non-hydrogen) atoms.